The molecule has 0 aliphatic heterocycles. The minimum atomic E-state index is -4.89. The predicted molar refractivity (Wildman–Crippen MR) is 117 cm³/mol. The average molecular weight is 478 g/mol. The van der Waals surface area contributed by atoms with Crippen molar-refractivity contribution in [3.8, 4) is 5.75 Å². The highest BCUT2D eigenvalue weighted by atomic mass is 32.2. The molecule has 0 unspecified atom stereocenters. The van der Waals surface area contributed by atoms with E-state index in [1.54, 1.807) is 12.1 Å². The number of hydrogen-bond donors (Lipinski definition) is 2. The molecule has 3 aromatic rings. The SMILES string of the molecule is CC[C@H](NC(=O)c1ccccc1NS(=O)(=O)c1ccc(OC(F)(F)F)cc1)c1ccccc1. The molecule has 1 amide bonds. The molecule has 0 aromatic heterocycles. The molecule has 0 heterocycles. The summed E-state index contributed by atoms with van der Waals surface area (Å²) in [6.07, 6.45) is -4.27. The first kappa shape index (κ1) is 24.1. The molecule has 174 valence electrons. The Morgan fingerprint density at radius 1 is 0.939 bits per heavy atom. The number of benzene rings is 3. The second kappa shape index (κ2) is 9.95. The fourth-order valence-electron chi connectivity index (χ4n) is 3.14. The number of nitrogens with one attached hydrogen (secondary N) is 2. The van der Waals surface area contributed by atoms with Crippen LogP contribution in [0.2, 0.25) is 0 Å². The van der Waals surface area contributed by atoms with Crippen molar-refractivity contribution in [1.82, 2.24) is 5.32 Å². The number of alkyl halides is 3. The lowest BCUT2D eigenvalue weighted by Crippen LogP contribution is -2.29. The molecule has 0 radical (unpaired) electrons. The van der Waals surface area contributed by atoms with Crippen LogP contribution in [0.4, 0.5) is 18.9 Å². The van der Waals surface area contributed by atoms with E-state index in [4.69, 9.17) is 0 Å². The molecule has 1 atom stereocenters. The van der Waals surface area contributed by atoms with Gasteiger partial charge in [0, 0.05) is 0 Å². The van der Waals surface area contributed by atoms with E-state index in [0.29, 0.717) is 6.42 Å². The van der Waals surface area contributed by atoms with Gasteiger partial charge in [-0.25, -0.2) is 8.42 Å². The molecule has 3 rings (SSSR count). The fraction of sp³-hybridized carbons (Fsp3) is 0.174. The van der Waals surface area contributed by atoms with Crippen LogP contribution in [0, 0.1) is 0 Å². The summed E-state index contributed by atoms with van der Waals surface area (Å²) < 4.78 is 68.6. The van der Waals surface area contributed by atoms with E-state index in [0.717, 1.165) is 29.8 Å². The molecule has 0 fully saturated rings. The molecule has 33 heavy (non-hydrogen) atoms. The van der Waals surface area contributed by atoms with Gasteiger partial charge in [0.1, 0.15) is 5.75 Å². The van der Waals surface area contributed by atoms with E-state index in [-0.39, 0.29) is 22.2 Å². The van der Waals surface area contributed by atoms with E-state index < -0.39 is 28.0 Å². The van der Waals surface area contributed by atoms with Gasteiger partial charge in [-0.2, -0.15) is 0 Å². The fourth-order valence-corrected chi connectivity index (χ4v) is 4.22. The summed E-state index contributed by atoms with van der Waals surface area (Å²) in [4.78, 5) is 12.7. The Balaban J connectivity index is 1.80. The van der Waals surface area contributed by atoms with Crippen molar-refractivity contribution in [3.05, 3.63) is 90.0 Å². The van der Waals surface area contributed by atoms with Gasteiger partial charge in [-0.1, -0.05) is 49.4 Å². The van der Waals surface area contributed by atoms with E-state index in [9.17, 15) is 26.4 Å². The van der Waals surface area contributed by atoms with Gasteiger partial charge in [0.25, 0.3) is 15.9 Å². The van der Waals surface area contributed by atoms with Crippen molar-refractivity contribution < 1.29 is 31.1 Å². The third kappa shape index (κ3) is 6.48. The first-order valence-corrected chi connectivity index (χ1v) is 11.4. The molecule has 0 aliphatic rings. The number of halogens is 3. The Morgan fingerprint density at radius 3 is 2.15 bits per heavy atom. The van der Waals surface area contributed by atoms with Crippen molar-refractivity contribution in [2.45, 2.75) is 30.6 Å². The standard InChI is InChI=1S/C23H21F3N2O4S/c1-2-20(16-8-4-3-5-9-16)27-22(29)19-10-6-7-11-21(19)28-33(30,31)18-14-12-17(13-15-18)32-23(24,25)26/h3-15,20,28H,2H2,1H3,(H,27,29)/t20-/m0/s1. The van der Waals surface area contributed by atoms with Crippen LogP contribution in [-0.2, 0) is 10.0 Å². The summed E-state index contributed by atoms with van der Waals surface area (Å²) in [6.45, 7) is 1.92. The zero-order valence-electron chi connectivity index (χ0n) is 17.5. The number of hydrogen-bond acceptors (Lipinski definition) is 4. The molecule has 6 nitrogen and oxygen atoms in total. The topological polar surface area (TPSA) is 84.5 Å². The molecule has 0 aliphatic carbocycles. The number of carbonyl (C=O) groups is 1. The Labute approximate surface area is 189 Å². The van der Waals surface area contributed by atoms with Gasteiger partial charge in [0.2, 0.25) is 0 Å². The first-order chi connectivity index (χ1) is 15.6. The zero-order chi connectivity index (χ0) is 24.1. The Kier molecular flexibility index (Phi) is 7.27. The van der Waals surface area contributed by atoms with Gasteiger partial charge in [-0.3, -0.25) is 9.52 Å². The second-order valence-electron chi connectivity index (χ2n) is 7.02. The summed E-state index contributed by atoms with van der Waals surface area (Å²) in [7, 11) is -4.18. The number of ether oxygens (including phenoxy) is 1. The van der Waals surface area contributed by atoms with Gasteiger partial charge in [-0.15, -0.1) is 13.2 Å². The van der Waals surface area contributed by atoms with E-state index in [2.05, 4.69) is 14.8 Å². The lowest BCUT2D eigenvalue weighted by Gasteiger charge is -2.19. The number of amides is 1. The van der Waals surface area contributed by atoms with E-state index >= 15 is 0 Å². The highest BCUT2D eigenvalue weighted by Crippen LogP contribution is 2.26. The summed E-state index contributed by atoms with van der Waals surface area (Å²) in [6, 6.07) is 18.9. The quantitative estimate of drug-likeness (QED) is 0.462. The molecular formula is C23H21F3N2O4S. The van der Waals surface area contributed by atoms with Crippen molar-refractivity contribution in [1.29, 1.82) is 0 Å². The van der Waals surface area contributed by atoms with Gasteiger partial charge in [0.05, 0.1) is 22.2 Å². The smallest absolute Gasteiger partial charge is 0.406 e. The first-order valence-electron chi connectivity index (χ1n) is 9.92. The molecule has 0 saturated carbocycles. The summed E-state index contributed by atoms with van der Waals surface area (Å²) in [5.41, 5.74) is 1.05. The van der Waals surface area contributed by atoms with Crippen molar-refractivity contribution in [2.75, 3.05) is 4.72 Å². The van der Waals surface area contributed by atoms with Crippen LogP contribution in [0.25, 0.3) is 0 Å². The van der Waals surface area contributed by atoms with E-state index in [1.165, 1.54) is 12.1 Å². The Hall–Kier alpha value is -3.53. The largest absolute Gasteiger partial charge is 0.573 e. The summed E-state index contributed by atoms with van der Waals surface area (Å²) in [5.74, 6) is -1.02. The maximum atomic E-state index is 12.9. The monoisotopic (exact) mass is 478 g/mol. The average Bonchev–Trinajstić information content (AvgIpc) is 2.77. The highest BCUT2D eigenvalue weighted by Gasteiger charge is 2.31. The van der Waals surface area contributed by atoms with Crippen LogP contribution in [0.5, 0.6) is 5.75 Å². The van der Waals surface area contributed by atoms with Crippen LogP contribution in [0.3, 0.4) is 0 Å². The van der Waals surface area contributed by atoms with Crippen molar-refractivity contribution in [2.24, 2.45) is 0 Å². The van der Waals surface area contributed by atoms with Crippen LogP contribution < -0.4 is 14.8 Å². The van der Waals surface area contributed by atoms with Gasteiger partial charge < -0.3 is 10.1 Å². The predicted octanol–water partition coefficient (Wildman–Crippen LogP) is 5.27. The molecule has 3 aromatic carbocycles. The molecule has 0 saturated heterocycles. The van der Waals surface area contributed by atoms with Crippen molar-refractivity contribution >= 4 is 21.6 Å². The third-order valence-corrected chi connectivity index (χ3v) is 6.08. The number of sulfonamides is 1. The molecule has 10 heteroatoms. The molecule has 0 bridgehead atoms. The Bertz CT molecular complexity index is 1200. The normalized spacial score (nSPS) is 12.6. The molecular weight excluding hydrogens is 457 g/mol. The molecule has 2 N–H and O–H groups in total. The maximum absolute atomic E-state index is 12.9. The summed E-state index contributed by atoms with van der Waals surface area (Å²) in [5, 5.41) is 2.90. The number of rotatable bonds is 8. The van der Waals surface area contributed by atoms with Crippen LogP contribution >= 0.6 is 0 Å². The number of carbonyl (C=O) groups excluding carboxylic acids is 1. The lowest BCUT2D eigenvalue weighted by molar-refractivity contribution is -0.274. The van der Waals surface area contributed by atoms with Crippen LogP contribution in [0.1, 0.15) is 35.3 Å². The number of anilines is 1. The second-order valence-corrected chi connectivity index (χ2v) is 8.70. The minimum absolute atomic E-state index is 0.0357. The van der Waals surface area contributed by atoms with Gasteiger partial charge in [-0.05, 0) is 48.4 Å². The minimum Gasteiger partial charge on any atom is -0.406 e. The third-order valence-electron chi connectivity index (χ3n) is 4.70. The highest BCUT2D eigenvalue weighted by molar-refractivity contribution is 7.92. The van der Waals surface area contributed by atoms with Crippen LogP contribution in [-0.4, -0.2) is 20.7 Å². The Morgan fingerprint density at radius 2 is 1.55 bits per heavy atom. The number of para-hydroxylation sites is 1. The van der Waals surface area contributed by atoms with Gasteiger partial charge in [0.15, 0.2) is 0 Å². The van der Waals surface area contributed by atoms with Crippen molar-refractivity contribution in [3.63, 3.8) is 0 Å². The maximum Gasteiger partial charge on any atom is 0.573 e. The van der Waals surface area contributed by atoms with E-state index in [1.807, 2.05) is 37.3 Å². The molecule has 0 spiro atoms. The lowest BCUT2D eigenvalue weighted by atomic mass is 10.0. The van der Waals surface area contributed by atoms with Gasteiger partial charge >= 0.3 is 6.36 Å². The van der Waals surface area contributed by atoms with Crippen LogP contribution in [0.15, 0.2) is 83.8 Å². The zero-order valence-corrected chi connectivity index (χ0v) is 18.3. The summed E-state index contributed by atoms with van der Waals surface area (Å²) >= 11 is 0.